The van der Waals surface area contributed by atoms with Crippen molar-refractivity contribution in [3.63, 3.8) is 0 Å². The quantitative estimate of drug-likeness (QED) is 0.222. The molecule has 0 saturated carbocycles. The lowest BCUT2D eigenvalue weighted by Crippen LogP contribution is -2.40. The van der Waals surface area contributed by atoms with Crippen LogP contribution < -0.4 is 14.9 Å². The Morgan fingerprint density at radius 3 is 2.45 bits per heavy atom. The molecule has 0 N–H and O–H groups in total. The third-order valence-corrected chi connectivity index (χ3v) is 8.76. The van der Waals surface area contributed by atoms with E-state index >= 15 is 0 Å². The number of carbonyl (C=O) groups is 1. The van der Waals surface area contributed by atoms with E-state index in [2.05, 4.69) is 55.7 Å². The third-order valence-electron chi connectivity index (χ3n) is 7.03. The summed E-state index contributed by atoms with van der Waals surface area (Å²) in [6.45, 7) is 11.7. The van der Waals surface area contributed by atoms with Gasteiger partial charge in [0.2, 0.25) is 0 Å². The molecule has 6 nitrogen and oxygen atoms in total. The number of hydrogen-bond acceptors (Lipinski definition) is 6. The van der Waals surface area contributed by atoms with E-state index in [1.54, 1.807) is 16.3 Å². The van der Waals surface area contributed by atoms with Gasteiger partial charge in [-0.3, -0.25) is 9.36 Å². The number of hydrogen-bond donors (Lipinski definition) is 0. The Balaban J connectivity index is 1.68. The Labute approximate surface area is 242 Å². The van der Waals surface area contributed by atoms with Gasteiger partial charge in [-0.05, 0) is 101 Å². The van der Waals surface area contributed by atoms with Crippen LogP contribution in [0.2, 0.25) is 0 Å². The lowest BCUT2D eigenvalue weighted by Gasteiger charge is -2.25. The fourth-order valence-corrected chi connectivity index (χ4v) is 6.65. The Bertz CT molecular complexity index is 1820. The SMILES string of the molecule is CSc1ccc([C@H]2C(C(=O)OC(C)C)=C(C)N=c3s/c(=C\c4cc(C)n(-c5cccc(C)c5)c4C)c(=O)n32)cc1. The molecule has 2 aromatic heterocycles. The van der Waals surface area contributed by atoms with E-state index in [0.29, 0.717) is 20.6 Å². The number of aromatic nitrogens is 2. The predicted octanol–water partition coefficient (Wildman–Crippen LogP) is 5.62. The normalized spacial score (nSPS) is 15.4. The zero-order chi connectivity index (χ0) is 28.7. The van der Waals surface area contributed by atoms with Crippen molar-refractivity contribution in [3.05, 3.63) is 114 Å². The minimum Gasteiger partial charge on any atom is -0.459 e. The zero-order valence-corrected chi connectivity index (χ0v) is 25.4. The summed E-state index contributed by atoms with van der Waals surface area (Å²) in [4.78, 5) is 33.8. The van der Waals surface area contributed by atoms with Crippen molar-refractivity contribution in [1.29, 1.82) is 0 Å². The van der Waals surface area contributed by atoms with E-state index in [1.165, 1.54) is 16.9 Å². The first kappa shape index (κ1) is 27.9. The molecule has 0 radical (unpaired) electrons. The van der Waals surface area contributed by atoms with Crippen molar-refractivity contribution < 1.29 is 9.53 Å². The maximum absolute atomic E-state index is 14.0. The molecular weight excluding hydrogens is 539 g/mol. The van der Waals surface area contributed by atoms with Crippen LogP contribution in [0.4, 0.5) is 0 Å². The van der Waals surface area contributed by atoms with Gasteiger partial charge < -0.3 is 9.30 Å². The summed E-state index contributed by atoms with van der Waals surface area (Å²) in [5.41, 5.74) is 7.01. The summed E-state index contributed by atoms with van der Waals surface area (Å²) in [6.07, 6.45) is 3.67. The van der Waals surface area contributed by atoms with E-state index in [-0.39, 0.29) is 11.7 Å². The van der Waals surface area contributed by atoms with Crippen molar-refractivity contribution in [1.82, 2.24) is 9.13 Å². The van der Waals surface area contributed by atoms with Gasteiger partial charge in [0.05, 0.1) is 27.9 Å². The second-order valence-electron chi connectivity index (χ2n) is 10.3. The fraction of sp³-hybridized carbons (Fsp3) is 0.281. The number of ether oxygens (including phenoxy) is 1. The number of allylic oxidation sites excluding steroid dienone is 1. The number of carbonyl (C=O) groups excluding carboxylic acids is 1. The molecule has 206 valence electrons. The molecule has 1 atom stereocenters. The molecule has 40 heavy (non-hydrogen) atoms. The Kier molecular flexibility index (Phi) is 7.75. The van der Waals surface area contributed by atoms with Crippen LogP contribution in [0.15, 0.2) is 80.5 Å². The number of thiazole rings is 1. The Morgan fingerprint density at radius 1 is 1.07 bits per heavy atom. The average molecular weight is 572 g/mol. The highest BCUT2D eigenvalue weighted by Crippen LogP contribution is 2.32. The number of esters is 1. The van der Waals surface area contributed by atoms with Gasteiger partial charge in [-0.25, -0.2) is 9.79 Å². The first-order chi connectivity index (χ1) is 19.1. The van der Waals surface area contributed by atoms with E-state index in [1.807, 2.05) is 57.4 Å². The molecule has 0 aliphatic carbocycles. The summed E-state index contributed by atoms with van der Waals surface area (Å²) < 4.78 is 10.0. The van der Waals surface area contributed by atoms with E-state index in [0.717, 1.165) is 33.1 Å². The lowest BCUT2D eigenvalue weighted by molar-refractivity contribution is -0.143. The van der Waals surface area contributed by atoms with E-state index in [4.69, 9.17) is 9.73 Å². The summed E-state index contributed by atoms with van der Waals surface area (Å²) in [7, 11) is 0. The Hall–Kier alpha value is -3.62. The zero-order valence-electron chi connectivity index (χ0n) is 23.8. The van der Waals surface area contributed by atoms with Gasteiger partial charge in [0, 0.05) is 22.0 Å². The van der Waals surface area contributed by atoms with Crippen molar-refractivity contribution >= 4 is 35.1 Å². The van der Waals surface area contributed by atoms with Gasteiger partial charge in [0.15, 0.2) is 4.80 Å². The van der Waals surface area contributed by atoms with Crippen molar-refractivity contribution in [2.75, 3.05) is 6.26 Å². The van der Waals surface area contributed by atoms with Crippen LogP contribution in [-0.2, 0) is 9.53 Å². The molecule has 0 spiro atoms. The van der Waals surface area contributed by atoms with Crippen LogP contribution in [0.3, 0.4) is 0 Å². The molecule has 5 rings (SSSR count). The van der Waals surface area contributed by atoms with Gasteiger partial charge in [-0.1, -0.05) is 35.6 Å². The maximum Gasteiger partial charge on any atom is 0.338 e. The second-order valence-corrected chi connectivity index (χ2v) is 12.2. The number of fused-ring (bicyclic) bond motifs is 1. The molecular formula is C32H33N3O3S2. The van der Waals surface area contributed by atoms with Gasteiger partial charge in [0.1, 0.15) is 0 Å². The molecule has 4 aromatic rings. The van der Waals surface area contributed by atoms with Crippen LogP contribution in [0, 0.1) is 20.8 Å². The highest BCUT2D eigenvalue weighted by Gasteiger charge is 2.33. The monoisotopic (exact) mass is 571 g/mol. The second kappa shape index (κ2) is 11.1. The lowest BCUT2D eigenvalue weighted by atomic mass is 9.96. The topological polar surface area (TPSA) is 65.6 Å². The van der Waals surface area contributed by atoms with Gasteiger partial charge in [-0.15, -0.1) is 11.8 Å². The molecule has 8 heteroatoms. The average Bonchev–Trinajstić information content (AvgIpc) is 3.36. The highest BCUT2D eigenvalue weighted by molar-refractivity contribution is 7.98. The van der Waals surface area contributed by atoms with Gasteiger partial charge in [0.25, 0.3) is 5.56 Å². The molecule has 0 saturated heterocycles. The smallest absolute Gasteiger partial charge is 0.338 e. The van der Waals surface area contributed by atoms with Crippen molar-refractivity contribution in [3.8, 4) is 5.69 Å². The summed E-state index contributed by atoms with van der Waals surface area (Å²) in [5, 5.41) is 0. The van der Waals surface area contributed by atoms with E-state index in [9.17, 15) is 9.59 Å². The molecule has 0 unspecified atom stereocenters. The number of thioether (sulfide) groups is 1. The number of nitrogens with zero attached hydrogens (tertiary/aromatic N) is 3. The third kappa shape index (κ3) is 5.13. The first-order valence-corrected chi connectivity index (χ1v) is 15.3. The van der Waals surface area contributed by atoms with Gasteiger partial charge >= 0.3 is 5.97 Å². The predicted molar refractivity (Wildman–Crippen MR) is 163 cm³/mol. The molecule has 0 bridgehead atoms. The van der Waals surface area contributed by atoms with Crippen LogP contribution in [0.25, 0.3) is 11.8 Å². The number of rotatable bonds is 6. The van der Waals surface area contributed by atoms with Crippen LogP contribution in [-0.4, -0.2) is 27.5 Å². The standard InChI is InChI=1S/C32H33N3O3S2/c1-18(2)38-31(37)28-21(5)33-32-35(29(28)23-11-13-26(39-7)14-12-23)30(36)27(40-32)17-24-16-20(4)34(22(24)6)25-10-8-9-19(3)15-25/h8-18,29H,1-7H3/b27-17-/t29-/m0/s1. The van der Waals surface area contributed by atoms with Crippen molar-refractivity contribution in [2.45, 2.75) is 58.6 Å². The van der Waals surface area contributed by atoms with Crippen LogP contribution in [0.5, 0.6) is 0 Å². The molecule has 0 amide bonds. The summed E-state index contributed by atoms with van der Waals surface area (Å²) in [5.74, 6) is -0.453. The molecule has 0 fully saturated rings. The molecule has 1 aliphatic rings. The molecule has 2 aromatic carbocycles. The van der Waals surface area contributed by atoms with Crippen molar-refractivity contribution in [2.24, 2.45) is 4.99 Å². The molecule has 1 aliphatic heterocycles. The minimum atomic E-state index is -0.625. The fourth-order valence-electron chi connectivity index (χ4n) is 5.20. The van der Waals surface area contributed by atoms with Gasteiger partial charge in [-0.2, -0.15) is 0 Å². The summed E-state index contributed by atoms with van der Waals surface area (Å²) >= 11 is 2.99. The summed E-state index contributed by atoms with van der Waals surface area (Å²) in [6, 6.07) is 17.8. The highest BCUT2D eigenvalue weighted by atomic mass is 32.2. The number of aryl methyl sites for hydroxylation is 2. The molecule has 3 heterocycles. The van der Waals surface area contributed by atoms with Crippen LogP contribution >= 0.6 is 23.1 Å². The van der Waals surface area contributed by atoms with Crippen LogP contribution in [0.1, 0.15) is 54.9 Å². The first-order valence-electron chi connectivity index (χ1n) is 13.2. The Morgan fingerprint density at radius 2 is 1.80 bits per heavy atom. The van der Waals surface area contributed by atoms with E-state index < -0.39 is 12.0 Å². The maximum atomic E-state index is 14.0. The minimum absolute atomic E-state index is 0.176. The number of benzene rings is 2. The largest absolute Gasteiger partial charge is 0.459 e.